The largest absolute Gasteiger partial charge is 0.423 e. The maximum Gasteiger partial charge on any atom is 0.335 e. The van der Waals surface area contributed by atoms with Crippen molar-refractivity contribution in [2.45, 2.75) is 13.3 Å². The van der Waals surface area contributed by atoms with E-state index in [1.54, 1.807) is 6.33 Å². The van der Waals surface area contributed by atoms with Crippen LogP contribution in [0.3, 0.4) is 0 Å². The van der Waals surface area contributed by atoms with Crippen LogP contribution in [-0.4, -0.2) is 15.4 Å². The van der Waals surface area contributed by atoms with Crippen molar-refractivity contribution in [2.75, 3.05) is 0 Å². The number of allylic oxidation sites excluding steroid dienone is 1. The van der Waals surface area contributed by atoms with E-state index in [0.717, 1.165) is 34.2 Å². The van der Waals surface area contributed by atoms with Gasteiger partial charge in [0, 0.05) is 17.8 Å². The molecule has 0 aliphatic heterocycles. The summed E-state index contributed by atoms with van der Waals surface area (Å²) in [5.41, 5.74) is 6.21. The van der Waals surface area contributed by atoms with E-state index >= 15 is 0 Å². The number of rotatable bonds is 6. The summed E-state index contributed by atoms with van der Waals surface area (Å²) in [7, 11) is 0. The molecule has 0 saturated heterocycles. The number of nitrogens with zero attached hydrogens (tertiary/aromatic N) is 2. The van der Waals surface area contributed by atoms with Crippen LogP contribution in [0.25, 0.3) is 16.7 Å². The molecule has 148 valence electrons. The van der Waals surface area contributed by atoms with Gasteiger partial charge in [0.05, 0.1) is 18.0 Å². The number of para-hydroxylation sites is 1. The molecule has 0 atom stereocenters. The van der Waals surface area contributed by atoms with Gasteiger partial charge in [-0.2, -0.15) is 0 Å². The maximum atomic E-state index is 12.0. The zero-order valence-electron chi connectivity index (χ0n) is 16.8. The molecular formula is C26H22N2O2. The number of carbonyl (C=O) groups excluding carboxylic acids is 1. The monoisotopic (exact) mass is 394 g/mol. The highest BCUT2D eigenvalue weighted by Gasteiger charge is 2.18. The van der Waals surface area contributed by atoms with Crippen LogP contribution in [0.4, 0.5) is 0 Å². The Morgan fingerprint density at radius 2 is 1.83 bits per heavy atom. The molecule has 0 radical (unpaired) electrons. The molecule has 0 amide bonds. The molecular weight excluding hydrogens is 372 g/mol. The molecule has 0 aliphatic rings. The van der Waals surface area contributed by atoms with E-state index in [9.17, 15) is 4.79 Å². The molecule has 2 aromatic heterocycles. The Kier molecular flexibility index (Phi) is 5.57. The maximum absolute atomic E-state index is 12.0. The van der Waals surface area contributed by atoms with Gasteiger partial charge in [0.1, 0.15) is 5.75 Å². The van der Waals surface area contributed by atoms with Crippen LogP contribution < -0.4 is 4.74 Å². The molecule has 2 heterocycles. The van der Waals surface area contributed by atoms with Gasteiger partial charge < -0.3 is 9.14 Å². The predicted octanol–water partition coefficient (Wildman–Crippen LogP) is 5.79. The molecule has 4 nitrogen and oxygen atoms in total. The lowest BCUT2D eigenvalue weighted by atomic mass is 9.88. The summed E-state index contributed by atoms with van der Waals surface area (Å²) in [5, 5.41) is 0. The quantitative estimate of drug-likeness (QED) is 0.180. The van der Waals surface area contributed by atoms with Crippen molar-refractivity contribution in [3.63, 3.8) is 0 Å². The molecule has 2 aromatic carbocycles. The third kappa shape index (κ3) is 3.80. The zero-order valence-corrected chi connectivity index (χ0v) is 16.8. The minimum Gasteiger partial charge on any atom is -0.423 e. The van der Waals surface area contributed by atoms with Gasteiger partial charge in [-0.1, -0.05) is 62.0 Å². The van der Waals surface area contributed by atoms with Gasteiger partial charge in [-0.15, -0.1) is 0 Å². The van der Waals surface area contributed by atoms with Crippen LogP contribution >= 0.6 is 0 Å². The lowest BCUT2D eigenvalue weighted by Crippen LogP contribution is -2.06. The number of hydrogen-bond acceptors (Lipinski definition) is 3. The van der Waals surface area contributed by atoms with Gasteiger partial charge in [0.25, 0.3) is 0 Å². The first-order chi connectivity index (χ1) is 14.7. The van der Waals surface area contributed by atoms with Gasteiger partial charge in [0.2, 0.25) is 0 Å². The Hall–Kier alpha value is -3.92. The van der Waals surface area contributed by atoms with Gasteiger partial charge in [-0.3, -0.25) is 0 Å². The number of ether oxygens (including phenoxy) is 1. The second-order valence-electron chi connectivity index (χ2n) is 6.84. The average Bonchev–Trinajstić information content (AvgIpc) is 3.26. The highest BCUT2D eigenvalue weighted by molar-refractivity contribution is 6.01. The molecule has 0 bridgehead atoms. The van der Waals surface area contributed by atoms with Crippen LogP contribution in [0.2, 0.25) is 0 Å². The number of benzene rings is 2. The van der Waals surface area contributed by atoms with E-state index in [1.165, 1.54) is 11.6 Å². The van der Waals surface area contributed by atoms with Crippen molar-refractivity contribution in [1.29, 1.82) is 0 Å². The van der Waals surface area contributed by atoms with Crippen molar-refractivity contribution < 1.29 is 9.53 Å². The predicted molar refractivity (Wildman–Crippen MR) is 120 cm³/mol. The summed E-state index contributed by atoms with van der Waals surface area (Å²) >= 11 is 0. The van der Waals surface area contributed by atoms with Crippen LogP contribution in [0.5, 0.6) is 5.75 Å². The van der Waals surface area contributed by atoms with Crippen LogP contribution in [-0.2, 0) is 4.79 Å². The highest BCUT2D eigenvalue weighted by Crippen LogP contribution is 2.38. The van der Waals surface area contributed by atoms with Crippen molar-refractivity contribution in [3.05, 3.63) is 115 Å². The summed E-state index contributed by atoms with van der Waals surface area (Å²) in [6.45, 7) is 5.66. The lowest BCUT2D eigenvalue weighted by molar-refractivity contribution is -0.128. The number of imidazole rings is 1. The van der Waals surface area contributed by atoms with E-state index < -0.39 is 5.97 Å². The molecule has 4 heteroatoms. The number of hydrogen-bond donors (Lipinski definition) is 0. The van der Waals surface area contributed by atoms with Crippen molar-refractivity contribution in [2.24, 2.45) is 0 Å². The molecule has 0 fully saturated rings. The van der Waals surface area contributed by atoms with Gasteiger partial charge >= 0.3 is 5.97 Å². The standard InChI is InChI=1S/C26H22N2O2/c1-3-22(19-10-6-5-7-11-19)26(20-14-15-28-18-27-17-21(28)16-20)23-12-8-9-13-24(23)30-25(29)4-2/h4-18H,2-3H2,1H3/b26-22+. The van der Waals surface area contributed by atoms with Crippen molar-refractivity contribution >= 4 is 22.6 Å². The Morgan fingerprint density at radius 1 is 1.07 bits per heavy atom. The third-order valence-electron chi connectivity index (χ3n) is 5.01. The molecule has 4 rings (SSSR count). The number of carbonyl (C=O) groups is 1. The third-order valence-corrected chi connectivity index (χ3v) is 5.01. The fourth-order valence-corrected chi connectivity index (χ4v) is 3.64. The second-order valence-corrected chi connectivity index (χ2v) is 6.84. The fourth-order valence-electron chi connectivity index (χ4n) is 3.64. The summed E-state index contributed by atoms with van der Waals surface area (Å²) < 4.78 is 7.56. The second kappa shape index (κ2) is 8.62. The Morgan fingerprint density at radius 3 is 2.60 bits per heavy atom. The van der Waals surface area contributed by atoms with Gasteiger partial charge in [-0.25, -0.2) is 9.78 Å². The first-order valence-corrected chi connectivity index (χ1v) is 9.85. The van der Waals surface area contributed by atoms with Crippen LogP contribution in [0.15, 0.2) is 98.1 Å². The van der Waals surface area contributed by atoms with Gasteiger partial charge in [0.15, 0.2) is 0 Å². The first-order valence-electron chi connectivity index (χ1n) is 9.85. The smallest absolute Gasteiger partial charge is 0.335 e. The van der Waals surface area contributed by atoms with E-state index in [0.29, 0.717) is 5.75 Å². The molecule has 0 unspecified atom stereocenters. The van der Waals surface area contributed by atoms with Crippen molar-refractivity contribution in [1.82, 2.24) is 9.38 Å². The normalized spacial score (nSPS) is 11.8. The van der Waals surface area contributed by atoms with Gasteiger partial charge in [-0.05, 0) is 46.9 Å². The molecule has 30 heavy (non-hydrogen) atoms. The molecule has 0 aliphatic carbocycles. The van der Waals surface area contributed by atoms with E-state index in [1.807, 2.05) is 59.3 Å². The molecule has 4 aromatic rings. The number of fused-ring (bicyclic) bond motifs is 1. The minimum atomic E-state index is -0.481. The summed E-state index contributed by atoms with van der Waals surface area (Å²) in [5.74, 6) is 0.0264. The first kappa shape index (κ1) is 19.4. The Bertz CT molecular complexity index is 1240. The number of pyridine rings is 1. The molecule has 0 N–H and O–H groups in total. The highest BCUT2D eigenvalue weighted by atomic mass is 16.5. The number of aromatic nitrogens is 2. The SMILES string of the molecule is C=CC(=O)Oc1ccccc1/C(=C(\CC)c1ccccc1)c1ccn2cncc2c1. The van der Waals surface area contributed by atoms with Crippen LogP contribution in [0, 0.1) is 0 Å². The molecule has 0 spiro atoms. The summed E-state index contributed by atoms with van der Waals surface area (Å²) in [6, 6.07) is 22.1. The summed E-state index contributed by atoms with van der Waals surface area (Å²) in [4.78, 5) is 16.2. The number of esters is 1. The lowest BCUT2D eigenvalue weighted by Gasteiger charge is -2.19. The van der Waals surface area contributed by atoms with Crippen molar-refractivity contribution in [3.8, 4) is 5.75 Å². The zero-order chi connectivity index (χ0) is 20.9. The average molecular weight is 394 g/mol. The van der Waals surface area contributed by atoms with E-state index in [2.05, 4.69) is 42.8 Å². The summed E-state index contributed by atoms with van der Waals surface area (Å²) in [6.07, 6.45) is 7.59. The van der Waals surface area contributed by atoms with E-state index in [-0.39, 0.29) is 0 Å². The fraction of sp³-hybridized carbons (Fsp3) is 0.0769. The van der Waals surface area contributed by atoms with Crippen LogP contribution in [0.1, 0.15) is 30.0 Å². The Balaban J connectivity index is 2.01. The molecule has 0 saturated carbocycles. The minimum absolute atomic E-state index is 0.481. The Labute approximate surface area is 175 Å². The topological polar surface area (TPSA) is 43.6 Å². The van der Waals surface area contributed by atoms with E-state index in [4.69, 9.17) is 4.74 Å².